The molecule has 0 saturated carbocycles. The van der Waals surface area contributed by atoms with Gasteiger partial charge in [-0.15, -0.1) is 0 Å². The lowest BCUT2D eigenvalue weighted by atomic mass is 10.3. The largest absolute Gasteiger partial charge is 0.452 e. The number of esters is 1. The highest BCUT2D eigenvalue weighted by Crippen LogP contribution is 2.14. The molecule has 1 aromatic carbocycles. The van der Waals surface area contributed by atoms with Crippen molar-refractivity contribution < 1.29 is 18.7 Å². The Labute approximate surface area is 93.2 Å². The van der Waals surface area contributed by atoms with Crippen molar-refractivity contribution in [3.05, 3.63) is 30.3 Å². The average Bonchev–Trinajstić information content (AvgIpc) is 2.28. The second-order valence-corrected chi connectivity index (χ2v) is 3.16. The summed E-state index contributed by atoms with van der Waals surface area (Å²) >= 11 is 0. The number of hydrogen-bond acceptors (Lipinski definition) is 4. The van der Waals surface area contributed by atoms with E-state index in [4.69, 9.17) is 15.2 Å². The van der Waals surface area contributed by atoms with E-state index in [2.05, 4.69) is 0 Å². The number of hydrogen-bond donors (Lipinski definition) is 1. The van der Waals surface area contributed by atoms with Gasteiger partial charge in [-0.3, -0.25) is 4.79 Å². The van der Waals surface area contributed by atoms with Crippen molar-refractivity contribution in [1.29, 1.82) is 0 Å². The fraction of sp³-hybridized carbons (Fsp3) is 0.364. The number of para-hydroxylation sites is 1. The Morgan fingerprint density at radius 3 is 2.56 bits per heavy atom. The number of nitrogens with two attached hydrogens (primary N) is 1. The maximum atomic E-state index is 13.3. The van der Waals surface area contributed by atoms with Crippen LogP contribution in [-0.4, -0.2) is 25.0 Å². The predicted octanol–water partition coefficient (Wildman–Crippen LogP) is 1.25. The highest BCUT2D eigenvalue weighted by molar-refractivity contribution is 5.66. The van der Waals surface area contributed by atoms with Gasteiger partial charge in [0.05, 0.1) is 0 Å². The molecule has 1 rings (SSSR count). The van der Waals surface area contributed by atoms with Crippen LogP contribution in [0.4, 0.5) is 4.39 Å². The van der Waals surface area contributed by atoms with Crippen LogP contribution in [0.15, 0.2) is 30.3 Å². The van der Waals surface area contributed by atoms with Gasteiger partial charge in [0.15, 0.2) is 6.17 Å². The maximum Gasteiger partial charge on any atom is 0.305 e. The summed E-state index contributed by atoms with van der Waals surface area (Å²) in [7, 11) is 0. The molecule has 2 N–H and O–H groups in total. The lowest BCUT2D eigenvalue weighted by Crippen LogP contribution is -2.37. The highest BCUT2D eigenvalue weighted by atomic mass is 19.1. The number of carbonyl (C=O) groups is 1. The van der Waals surface area contributed by atoms with Crippen LogP contribution >= 0.6 is 0 Å². The van der Waals surface area contributed by atoms with Gasteiger partial charge in [-0.25, -0.2) is 4.39 Å². The lowest BCUT2D eigenvalue weighted by Gasteiger charge is -2.20. The monoisotopic (exact) mass is 227 g/mol. The van der Waals surface area contributed by atoms with E-state index < -0.39 is 18.4 Å². The molecule has 0 bridgehead atoms. The van der Waals surface area contributed by atoms with Gasteiger partial charge in [-0.1, -0.05) is 18.2 Å². The number of benzene rings is 1. The van der Waals surface area contributed by atoms with Gasteiger partial charge in [0.25, 0.3) is 6.29 Å². The molecule has 0 aliphatic carbocycles. The number of halogens is 1. The zero-order valence-corrected chi connectivity index (χ0v) is 8.93. The first kappa shape index (κ1) is 12.4. The van der Waals surface area contributed by atoms with Crippen molar-refractivity contribution >= 4 is 5.97 Å². The third-order valence-electron chi connectivity index (χ3n) is 1.80. The van der Waals surface area contributed by atoms with E-state index in [1.54, 1.807) is 30.3 Å². The summed E-state index contributed by atoms with van der Waals surface area (Å²) in [5.74, 6) is -0.193. The molecule has 0 radical (unpaired) electrons. The van der Waals surface area contributed by atoms with Gasteiger partial charge in [-0.05, 0) is 12.1 Å². The molecular weight excluding hydrogens is 213 g/mol. The molecule has 1 unspecified atom stereocenters. The van der Waals surface area contributed by atoms with Crippen LogP contribution in [-0.2, 0) is 9.53 Å². The minimum Gasteiger partial charge on any atom is -0.452 e. The Balaban J connectivity index is 2.67. The summed E-state index contributed by atoms with van der Waals surface area (Å²) in [6, 6.07) is 8.54. The van der Waals surface area contributed by atoms with Gasteiger partial charge >= 0.3 is 5.97 Å². The van der Waals surface area contributed by atoms with Crippen molar-refractivity contribution in [2.24, 2.45) is 5.73 Å². The topological polar surface area (TPSA) is 61.5 Å². The van der Waals surface area contributed by atoms with Crippen LogP contribution < -0.4 is 10.5 Å². The molecule has 0 spiro atoms. The van der Waals surface area contributed by atoms with E-state index in [9.17, 15) is 9.18 Å². The van der Waals surface area contributed by atoms with Crippen molar-refractivity contribution in [1.82, 2.24) is 0 Å². The number of rotatable bonds is 5. The van der Waals surface area contributed by atoms with Gasteiger partial charge < -0.3 is 15.2 Å². The zero-order chi connectivity index (χ0) is 12.0. The van der Waals surface area contributed by atoms with Crippen molar-refractivity contribution in [3.63, 3.8) is 0 Å². The highest BCUT2D eigenvalue weighted by Gasteiger charge is 2.24. The van der Waals surface area contributed by atoms with Gasteiger partial charge in [0.1, 0.15) is 5.75 Å². The van der Waals surface area contributed by atoms with Gasteiger partial charge in [-0.2, -0.15) is 0 Å². The Morgan fingerprint density at radius 1 is 1.44 bits per heavy atom. The summed E-state index contributed by atoms with van der Waals surface area (Å²) in [5.41, 5.74) is 5.16. The molecule has 2 atom stereocenters. The standard InChI is InChI=1S/C11H14FNO3/c1-8(14)15-11(10(12)7-13)16-9-5-3-2-4-6-9/h2-6,10-11H,7,13H2,1H3/t10-,11?/m1/s1. The molecule has 0 aromatic heterocycles. The van der Waals surface area contributed by atoms with E-state index in [0.717, 1.165) is 0 Å². The van der Waals surface area contributed by atoms with Crippen molar-refractivity contribution in [3.8, 4) is 5.75 Å². The van der Waals surface area contributed by atoms with E-state index >= 15 is 0 Å². The molecule has 5 heteroatoms. The molecular formula is C11H14FNO3. The van der Waals surface area contributed by atoms with Gasteiger partial charge in [0, 0.05) is 13.5 Å². The summed E-state index contributed by atoms with van der Waals surface area (Å²) in [5, 5.41) is 0. The number of alkyl halides is 1. The van der Waals surface area contributed by atoms with Crippen LogP contribution in [0, 0.1) is 0 Å². The van der Waals surface area contributed by atoms with Crippen LogP contribution in [0.1, 0.15) is 6.92 Å². The first-order valence-corrected chi connectivity index (χ1v) is 4.86. The fourth-order valence-corrected chi connectivity index (χ4v) is 1.08. The first-order chi connectivity index (χ1) is 7.63. The molecule has 1 aromatic rings. The van der Waals surface area contributed by atoms with Crippen molar-refractivity contribution in [2.75, 3.05) is 6.54 Å². The van der Waals surface area contributed by atoms with E-state index in [1.807, 2.05) is 0 Å². The third kappa shape index (κ3) is 3.86. The molecule has 0 heterocycles. The number of ether oxygens (including phenoxy) is 2. The minimum atomic E-state index is -1.55. The fourth-order valence-electron chi connectivity index (χ4n) is 1.08. The van der Waals surface area contributed by atoms with Gasteiger partial charge in [0.2, 0.25) is 0 Å². The molecule has 0 aliphatic rings. The summed E-state index contributed by atoms with van der Waals surface area (Å²) in [6.45, 7) is 0.912. The molecule has 4 nitrogen and oxygen atoms in total. The van der Waals surface area contributed by atoms with Crippen molar-refractivity contribution in [2.45, 2.75) is 19.4 Å². The van der Waals surface area contributed by atoms with Crippen LogP contribution in [0.5, 0.6) is 5.75 Å². The summed E-state index contributed by atoms with van der Waals surface area (Å²) in [6.07, 6.45) is -2.85. The number of carbonyl (C=O) groups excluding carboxylic acids is 1. The SMILES string of the molecule is CC(=O)OC(Oc1ccccc1)[C@H](F)CN. The first-order valence-electron chi connectivity index (χ1n) is 4.86. The van der Waals surface area contributed by atoms with E-state index in [1.165, 1.54) is 6.92 Å². The average molecular weight is 227 g/mol. The van der Waals surface area contributed by atoms with E-state index in [-0.39, 0.29) is 6.54 Å². The van der Waals surface area contributed by atoms with E-state index in [0.29, 0.717) is 5.75 Å². The lowest BCUT2D eigenvalue weighted by molar-refractivity contribution is -0.169. The smallest absolute Gasteiger partial charge is 0.305 e. The molecule has 0 amide bonds. The van der Waals surface area contributed by atoms with Crippen LogP contribution in [0.3, 0.4) is 0 Å². The zero-order valence-electron chi connectivity index (χ0n) is 8.93. The van der Waals surface area contributed by atoms with Crippen LogP contribution in [0.2, 0.25) is 0 Å². The van der Waals surface area contributed by atoms with Crippen LogP contribution in [0.25, 0.3) is 0 Å². The second-order valence-electron chi connectivity index (χ2n) is 3.16. The molecule has 0 fully saturated rings. The predicted molar refractivity (Wildman–Crippen MR) is 56.6 cm³/mol. The summed E-state index contributed by atoms with van der Waals surface area (Å²) < 4.78 is 23.2. The normalized spacial score (nSPS) is 13.9. The molecule has 88 valence electrons. The third-order valence-corrected chi connectivity index (χ3v) is 1.80. The quantitative estimate of drug-likeness (QED) is 0.607. The summed E-state index contributed by atoms with van der Waals surface area (Å²) in [4.78, 5) is 10.8. The second kappa shape index (κ2) is 6.07. The Kier molecular flexibility index (Phi) is 4.72. The minimum absolute atomic E-state index is 0.273. The Hall–Kier alpha value is -1.62. The molecule has 0 saturated heterocycles. The Morgan fingerprint density at radius 2 is 2.06 bits per heavy atom. The maximum absolute atomic E-state index is 13.3. The molecule has 16 heavy (non-hydrogen) atoms. The molecule has 0 aliphatic heterocycles. The Bertz CT molecular complexity index is 331.